The molecule has 4 nitrogen and oxygen atoms in total. The summed E-state index contributed by atoms with van der Waals surface area (Å²) in [6, 6.07) is 10.8. The number of hydrogen-bond donors (Lipinski definition) is 0. The third kappa shape index (κ3) is 6.17. The van der Waals surface area contributed by atoms with Crippen LogP contribution >= 0.6 is 35.1 Å². The molecule has 2 fully saturated rings. The normalized spacial score (nSPS) is 26.4. The molecular formula is C17H27IN2O2S. The maximum absolute atomic E-state index is 5.63. The Morgan fingerprint density at radius 3 is 2.43 bits per heavy atom. The van der Waals surface area contributed by atoms with Gasteiger partial charge in [0.25, 0.3) is 0 Å². The molecule has 2 saturated heterocycles. The molecule has 1 aromatic carbocycles. The number of benzene rings is 1. The molecule has 0 aliphatic carbocycles. The molecule has 0 radical (unpaired) electrons. The minimum absolute atomic E-state index is 0.304. The minimum atomic E-state index is 0.304. The maximum atomic E-state index is 5.63. The monoisotopic (exact) mass is 450 g/mol. The van der Waals surface area contributed by atoms with Gasteiger partial charge in [-0.1, -0.05) is 44.2 Å². The summed E-state index contributed by atoms with van der Waals surface area (Å²) < 4.78 is 15.9. The first-order valence-corrected chi connectivity index (χ1v) is 10.0. The summed E-state index contributed by atoms with van der Waals surface area (Å²) in [6.07, 6.45) is 1.41. The molecule has 2 aliphatic heterocycles. The van der Waals surface area contributed by atoms with Crippen LogP contribution in [0.2, 0.25) is 0 Å². The second kappa shape index (κ2) is 10.9. The van der Waals surface area contributed by atoms with Gasteiger partial charge in [0, 0.05) is 44.2 Å². The van der Waals surface area contributed by atoms with Crippen molar-refractivity contribution >= 4 is 35.1 Å². The Labute approximate surface area is 158 Å². The third-order valence-corrected chi connectivity index (χ3v) is 5.82. The Bertz CT molecular complexity index is 432. The highest BCUT2D eigenvalue weighted by atomic mass is 127. The topological polar surface area (TPSA) is 24.9 Å². The van der Waals surface area contributed by atoms with E-state index in [4.69, 9.17) is 7.80 Å². The first-order valence-electron chi connectivity index (χ1n) is 8.43. The molecule has 2 unspecified atom stereocenters. The van der Waals surface area contributed by atoms with Gasteiger partial charge in [-0.05, 0) is 12.0 Å². The van der Waals surface area contributed by atoms with E-state index in [1.807, 2.05) is 49.0 Å². The SMILES string of the molecule is CC.IOC1CC(c2ccccc2)CN(SN2CCOCC2)C1. The van der Waals surface area contributed by atoms with Gasteiger partial charge in [0.2, 0.25) is 0 Å². The number of hydrogen-bond acceptors (Lipinski definition) is 5. The first kappa shape index (κ1) is 19.5. The standard InChI is InChI=1S/C15H21IN2O2S.C2H6/c16-20-15-10-14(13-4-2-1-3-5-13)11-18(12-15)21-17-6-8-19-9-7-17;1-2/h1-5,14-15H,6-12H2;1-2H3. The van der Waals surface area contributed by atoms with Crippen molar-refractivity contribution in [3.05, 3.63) is 35.9 Å². The lowest BCUT2D eigenvalue weighted by molar-refractivity contribution is 0.0743. The van der Waals surface area contributed by atoms with E-state index in [1.54, 1.807) is 0 Å². The maximum Gasteiger partial charge on any atom is 0.110 e. The number of halogens is 1. The molecule has 0 aromatic heterocycles. The quantitative estimate of drug-likeness (QED) is 0.508. The minimum Gasteiger partial charge on any atom is -0.379 e. The van der Waals surface area contributed by atoms with Crippen LogP contribution in [0.5, 0.6) is 0 Å². The van der Waals surface area contributed by atoms with Crippen molar-refractivity contribution in [2.45, 2.75) is 32.3 Å². The lowest BCUT2D eigenvalue weighted by Crippen LogP contribution is -2.42. The van der Waals surface area contributed by atoms with E-state index in [1.165, 1.54) is 5.56 Å². The molecule has 0 N–H and O–H groups in total. The molecule has 2 heterocycles. The van der Waals surface area contributed by atoms with Crippen LogP contribution in [0.3, 0.4) is 0 Å². The summed E-state index contributed by atoms with van der Waals surface area (Å²) in [7, 11) is 0. The molecule has 1 aromatic rings. The largest absolute Gasteiger partial charge is 0.379 e. The average Bonchev–Trinajstić information content (AvgIpc) is 2.64. The zero-order valence-corrected chi connectivity index (χ0v) is 17.0. The molecule has 0 amide bonds. The van der Waals surface area contributed by atoms with Crippen molar-refractivity contribution in [3.8, 4) is 0 Å². The molecule has 0 saturated carbocycles. The molecule has 23 heavy (non-hydrogen) atoms. The van der Waals surface area contributed by atoms with Crippen LogP contribution in [0.4, 0.5) is 0 Å². The van der Waals surface area contributed by atoms with Gasteiger partial charge in [0.15, 0.2) is 0 Å². The first-order chi connectivity index (χ1) is 11.3. The summed E-state index contributed by atoms with van der Waals surface area (Å²) in [4.78, 5) is 0. The van der Waals surface area contributed by atoms with E-state index in [9.17, 15) is 0 Å². The van der Waals surface area contributed by atoms with E-state index >= 15 is 0 Å². The molecule has 0 spiro atoms. The Morgan fingerprint density at radius 1 is 1.09 bits per heavy atom. The second-order valence-electron chi connectivity index (χ2n) is 5.52. The smallest absolute Gasteiger partial charge is 0.110 e. The van der Waals surface area contributed by atoms with E-state index in [0.29, 0.717) is 12.0 Å². The summed E-state index contributed by atoms with van der Waals surface area (Å²) in [5, 5.41) is 0. The highest BCUT2D eigenvalue weighted by molar-refractivity contribution is 14.1. The van der Waals surface area contributed by atoms with Gasteiger partial charge in [0.1, 0.15) is 23.0 Å². The predicted molar refractivity (Wildman–Crippen MR) is 106 cm³/mol. The van der Waals surface area contributed by atoms with Gasteiger partial charge >= 0.3 is 0 Å². The highest BCUT2D eigenvalue weighted by Gasteiger charge is 2.30. The number of ether oxygens (including phenoxy) is 1. The van der Waals surface area contributed by atoms with Gasteiger partial charge in [-0.3, -0.25) is 0 Å². The van der Waals surface area contributed by atoms with Gasteiger partial charge in [0.05, 0.1) is 19.3 Å². The fourth-order valence-electron chi connectivity index (χ4n) is 2.90. The fourth-order valence-corrected chi connectivity index (χ4v) is 4.39. The number of rotatable bonds is 4. The summed E-state index contributed by atoms with van der Waals surface area (Å²) in [6.45, 7) is 9.78. The summed E-state index contributed by atoms with van der Waals surface area (Å²) in [5.41, 5.74) is 1.42. The van der Waals surface area contributed by atoms with Crippen molar-refractivity contribution in [2.24, 2.45) is 0 Å². The lowest BCUT2D eigenvalue weighted by atomic mass is 9.90. The van der Waals surface area contributed by atoms with Crippen LogP contribution in [0.1, 0.15) is 31.7 Å². The zero-order valence-electron chi connectivity index (χ0n) is 14.0. The number of nitrogens with zero attached hydrogens (tertiary/aromatic N) is 2. The number of morpholine rings is 1. The van der Waals surface area contributed by atoms with E-state index < -0.39 is 0 Å². The summed E-state index contributed by atoms with van der Waals surface area (Å²) >= 11 is 3.91. The molecule has 0 bridgehead atoms. The third-order valence-electron chi connectivity index (χ3n) is 3.98. The van der Waals surface area contributed by atoms with Crippen LogP contribution < -0.4 is 0 Å². The highest BCUT2D eigenvalue weighted by Crippen LogP contribution is 2.33. The predicted octanol–water partition coefficient (Wildman–Crippen LogP) is 4.13. The van der Waals surface area contributed by atoms with Crippen molar-refractivity contribution in [1.29, 1.82) is 0 Å². The molecule has 6 heteroatoms. The fraction of sp³-hybridized carbons (Fsp3) is 0.647. The van der Waals surface area contributed by atoms with Crippen LogP contribution in [0.25, 0.3) is 0 Å². The average molecular weight is 450 g/mol. The van der Waals surface area contributed by atoms with Gasteiger partial charge in [-0.15, -0.1) is 0 Å². The van der Waals surface area contributed by atoms with Crippen LogP contribution in [-0.2, 0) is 7.80 Å². The Balaban J connectivity index is 0.000000924. The van der Waals surface area contributed by atoms with Crippen molar-refractivity contribution < 1.29 is 7.80 Å². The van der Waals surface area contributed by atoms with Crippen LogP contribution in [-0.4, -0.2) is 54.1 Å². The molecule has 2 atom stereocenters. The van der Waals surface area contributed by atoms with Gasteiger partial charge < -0.3 is 7.80 Å². The Hall–Kier alpha value is 0.140. The molecule has 130 valence electrons. The number of piperidine rings is 1. The van der Waals surface area contributed by atoms with E-state index in [-0.39, 0.29) is 0 Å². The van der Waals surface area contributed by atoms with E-state index in [2.05, 4.69) is 38.9 Å². The summed E-state index contributed by atoms with van der Waals surface area (Å²) in [5.74, 6) is 0.549. The lowest BCUT2D eigenvalue weighted by Gasteiger charge is -2.38. The Morgan fingerprint density at radius 2 is 1.78 bits per heavy atom. The van der Waals surface area contributed by atoms with Crippen molar-refractivity contribution in [2.75, 3.05) is 39.4 Å². The second-order valence-corrected chi connectivity index (χ2v) is 7.23. The van der Waals surface area contributed by atoms with Crippen LogP contribution in [0.15, 0.2) is 30.3 Å². The van der Waals surface area contributed by atoms with Crippen molar-refractivity contribution in [1.82, 2.24) is 8.61 Å². The van der Waals surface area contributed by atoms with Gasteiger partial charge in [-0.25, -0.2) is 8.61 Å². The zero-order chi connectivity index (χ0) is 16.5. The van der Waals surface area contributed by atoms with Crippen molar-refractivity contribution in [3.63, 3.8) is 0 Å². The molecular weight excluding hydrogens is 423 g/mol. The van der Waals surface area contributed by atoms with Crippen LogP contribution in [0, 0.1) is 0 Å². The molecule has 2 aliphatic rings. The Kier molecular flexibility index (Phi) is 9.22. The van der Waals surface area contributed by atoms with Gasteiger partial charge in [-0.2, -0.15) is 0 Å². The van der Waals surface area contributed by atoms with E-state index in [0.717, 1.165) is 45.8 Å². The molecule has 3 rings (SSSR count).